The monoisotopic (exact) mass is 461 g/mol. The van der Waals surface area contributed by atoms with Gasteiger partial charge in [0.15, 0.2) is 0 Å². The van der Waals surface area contributed by atoms with E-state index in [9.17, 15) is 14.4 Å². The molecule has 3 aromatic rings. The van der Waals surface area contributed by atoms with Gasteiger partial charge in [0, 0.05) is 40.6 Å². The molecule has 0 unspecified atom stereocenters. The highest BCUT2D eigenvalue weighted by Crippen LogP contribution is 2.27. The zero-order chi connectivity index (χ0) is 23.5. The Bertz CT molecular complexity index is 1210. The van der Waals surface area contributed by atoms with Crippen molar-refractivity contribution in [3.63, 3.8) is 0 Å². The second-order valence-corrected chi connectivity index (χ2v) is 8.59. The lowest BCUT2D eigenvalue weighted by Crippen LogP contribution is -2.28. The average molecular weight is 462 g/mol. The van der Waals surface area contributed by atoms with Crippen LogP contribution in [-0.2, 0) is 9.59 Å². The Labute approximate surface area is 197 Å². The molecule has 3 amide bonds. The van der Waals surface area contributed by atoms with E-state index in [0.29, 0.717) is 22.8 Å². The molecule has 0 bridgehead atoms. The Morgan fingerprint density at radius 1 is 0.939 bits per heavy atom. The van der Waals surface area contributed by atoms with Crippen LogP contribution in [0.3, 0.4) is 0 Å². The molecule has 0 aliphatic carbocycles. The number of halogens is 1. The molecular formula is C26H24ClN3O3. The van der Waals surface area contributed by atoms with Crippen molar-refractivity contribution >= 4 is 46.4 Å². The fourth-order valence-corrected chi connectivity index (χ4v) is 3.91. The normalized spacial score (nSPS) is 15.4. The number of amides is 3. The fraction of sp³-hybridized carbons (Fsp3) is 0.192. The summed E-state index contributed by atoms with van der Waals surface area (Å²) < 4.78 is 0. The standard InChI is InChI=1S/C26H24ClN3O3/c1-16-4-3-5-23(17(16)2)29-25(32)18-6-10-21(11-7-18)28-26(33)19-14-24(31)30(15-19)22-12-8-20(27)9-13-22/h3-13,19H,14-15H2,1-2H3,(H,28,33)(H,29,32)/t19-/m1/s1. The molecule has 33 heavy (non-hydrogen) atoms. The number of nitrogens with zero attached hydrogens (tertiary/aromatic N) is 1. The molecule has 168 valence electrons. The summed E-state index contributed by atoms with van der Waals surface area (Å²) in [7, 11) is 0. The second kappa shape index (κ2) is 9.46. The van der Waals surface area contributed by atoms with Crippen molar-refractivity contribution in [1.29, 1.82) is 0 Å². The van der Waals surface area contributed by atoms with Gasteiger partial charge in [0.05, 0.1) is 5.92 Å². The summed E-state index contributed by atoms with van der Waals surface area (Å²) >= 11 is 5.92. The van der Waals surface area contributed by atoms with Crippen LogP contribution in [0.1, 0.15) is 27.9 Å². The van der Waals surface area contributed by atoms with Crippen LogP contribution in [0.2, 0.25) is 5.02 Å². The molecule has 0 spiro atoms. The number of carbonyl (C=O) groups excluding carboxylic acids is 3. The smallest absolute Gasteiger partial charge is 0.255 e. The highest BCUT2D eigenvalue weighted by atomic mass is 35.5. The molecule has 1 heterocycles. The van der Waals surface area contributed by atoms with Gasteiger partial charge in [-0.15, -0.1) is 0 Å². The van der Waals surface area contributed by atoms with Crippen molar-refractivity contribution in [3.05, 3.63) is 88.4 Å². The van der Waals surface area contributed by atoms with Gasteiger partial charge in [-0.25, -0.2) is 0 Å². The molecule has 7 heteroatoms. The minimum absolute atomic E-state index is 0.101. The SMILES string of the molecule is Cc1cccc(NC(=O)c2ccc(NC(=O)[C@@H]3CC(=O)N(c4ccc(Cl)cc4)C3)cc2)c1C. The van der Waals surface area contributed by atoms with E-state index in [4.69, 9.17) is 11.6 Å². The minimum Gasteiger partial charge on any atom is -0.326 e. The first-order valence-electron chi connectivity index (χ1n) is 10.7. The Balaban J connectivity index is 1.37. The highest BCUT2D eigenvalue weighted by Gasteiger charge is 2.35. The fourth-order valence-electron chi connectivity index (χ4n) is 3.78. The summed E-state index contributed by atoms with van der Waals surface area (Å²) in [4.78, 5) is 39.3. The van der Waals surface area contributed by atoms with Crippen molar-refractivity contribution in [2.24, 2.45) is 5.92 Å². The Hall–Kier alpha value is -3.64. The molecule has 1 aliphatic heterocycles. The van der Waals surface area contributed by atoms with E-state index >= 15 is 0 Å². The number of hydrogen-bond acceptors (Lipinski definition) is 3. The van der Waals surface area contributed by atoms with Gasteiger partial charge in [-0.05, 0) is 79.6 Å². The van der Waals surface area contributed by atoms with Crippen LogP contribution in [0.4, 0.5) is 17.1 Å². The van der Waals surface area contributed by atoms with Crippen LogP contribution >= 0.6 is 11.6 Å². The van der Waals surface area contributed by atoms with E-state index < -0.39 is 5.92 Å². The number of nitrogens with one attached hydrogen (secondary N) is 2. The van der Waals surface area contributed by atoms with E-state index in [1.807, 2.05) is 32.0 Å². The van der Waals surface area contributed by atoms with Gasteiger partial charge in [-0.2, -0.15) is 0 Å². The number of anilines is 3. The van der Waals surface area contributed by atoms with Crippen LogP contribution in [0.15, 0.2) is 66.7 Å². The van der Waals surface area contributed by atoms with Gasteiger partial charge < -0.3 is 15.5 Å². The predicted octanol–water partition coefficient (Wildman–Crippen LogP) is 5.20. The molecule has 1 atom stereocenters. The van der Waals surface area contributed by atoms with Crippen molar-refractivity contribution < 1.29 is 14.4 Å². The molecule has 2 N–H and O–H groups in total. The Kier molecular flexibility index (Phi) is 6.47. The topological polar surface area (TPSA) is 78.5 Å². The Morgan fingerprint density at radius 2 is 1.64 bits per heavy atom. The predicted molar refractivity (Wildman–Crippen MR) is 131 cm³/mol. The number of benzene rings is 3. The number of aryl methyl sites for hydroxylation is 1. The van der Waals surface area contributed by atoms with E-state index in [2.05, 4.69) is 10.6 Å². The van der Waals surface area contributed by atoms with Gasteiger partial charge in [-0.1, -0.05) is 23.7 Å². The molecule has 0 radical (unpaired) electrons. The third-order valence-electron chi connectivity index (χ3n) is 5.90. The van der Waals surface area contributed by atoms with Crippen LogP contribution < -0.4 is 15.5 Å². The molecular weight excluding hydrogens is 438 g/mol. The molecule has 1 aliphatic rings. The van der Waals surface area contributed by atoms with Crippen molar-refractivity contribution in [2.45, 2.75) is 20.3 Å². The lowest BCUT2D eigenvalue weighted by Gasteiger charge is -2.17. The molecule has 6 nitrogen and oxygen atoms in total. The quantitative estimate of drug-likeness (QED) is 0.548. The number of carbonyl (C=O) groups is 3. The first-order chi connectivity index (χ1) is 15.8. The summed E-state index contributed by atoms with van der Waals surface area (Å²) in [5, 5.41) is 6.36. The zero-order valence-corrected chi connectivity index (χ0v) is 19.1. The lowest BCUT2D eigenvalue weighted by atomic mass is 10.1. The van der Waals surface area contributed by atoms with Crippen molar-refractivity contribution in [3.8, 4) is 0 Å². The van der Waals surface area contributed by atoms with E-state index in [1.54, 1.807) is 53.4 Å². The van der Waals surface area contributed by atoms with Crippen LogP contribution in [0.25, 0.3) is 0 Å². The van der Waals surface area contributed by atoms with E-state index in [1.165, 1.54) is 0 Å². The number of hydrogen-bond donors (Lipinski definition) is 2. The zero-order valence-electron chi connectivity index (χ0n) is 18.4. The first kappa shape index (κ1) is 22.6. The number of rotatable bonds is 5. The maximum absolute atomic E-state index is 12.7. The second-order valence-electron chi connectivity index (χ2n) is 8.15. The summed E-state index contributed by atoms with van der Waals surface area (Å²) in [6.07, 6.45) is 0.144. The average Bonchev–Trinajstić information content (AvgIpc) is 3.19. The van der Waals surface area contributed by atoms with Gasteiger partial charge in [0.2, 0.25) is 11.8 Å². The first-order valence-corrected chi connectivity index (χ1v) is 11.0. The van der Waals surface area contributed by atoms with Crippen LogP contribution in [0.5, 0.6) is 0 Å². The van der Waals surface area contributed by atoms with Gasteiger partial charge in [0.1, 0.15) is 0 Å². The van der Waals surface area contributed by atoms with Crippen molar-refractivity contribution in [2.75, 3.05) is 22.1 Å². The van der Waals surface area contributed by atoms with Crippen LogP contribution in [-0.4, -0.2) is 24.3 Å². The Morgan fingerprint density at radius 3 is 2.33 bits per heavy atom. The third-order valence-corrected chi connectivity index (χ3v) is 6.15. The third kappa shape index (κ3) is 5.07. The summed E-state index contributed by atoms with van der Waals surface area (Å²) in [5.74, 6) is -1.01. The molecule has 4 rings (SSSR count). The van der Waals surface area contributed by atoms with Crippen LogP contribution in [0, 0.1) is 19.8 Å². The van der Waals surface area contributed by atoms with Gasteiger partial charge >= 0.3 is 0 Å². The minimum atomic E-state index is -0.458. The summed E-state index contributed by atoms with van der Waals surface area (Å²) in [5.41, 5.74) is 4.67. The van der Waals surface area contributed by atoms with Gasteiger partial charge in [0.25, 0.3) is 5.91 Å². The molecule has 1 saturated heterocycles. The molecule has 3 aromatic carbocycles. The maximum atomic E-state index is 12.7. The summed E-state index contributed by atoms with van der Waals surface area (Å²) in [6, 6.07) is 19.4. The maximum Gasteiger partial charge on any atom is 0.255 e. The molecule has 0 aromatic heterocycles. The van der Waals surface area contributed by atoms with E-state index in [0.717, 1.165) is 22.5 Å². The lowest BCUT2D eigenvalue weighted by molar-refractivity contribution is -0.122. The highest BCUT2D eigenvalue weighted by molar-refractivity contribution is 6.30. The van der Waals surface area contributed by atoms with Crippen molar-refractivity contribution in [1.82, 2.24) is 0 Å². The summed E-state index contributed by atoms with van der Waals surface area (Å²) in [6.45, 7) is 4.27. The van der Waals surface area contributed by atoms with E-state index in [-0.39, 0.29) is 24.1 Å². The molecule has 0 saturated carbocycles. The largest absolute Gasteiger partial charge is 0.326 e. The molecule has 1 fully saturated rings. The van der Waals surface area contributed by atoms with Gasteiger partial charge in [-0.3, -0.25) is 14.4 Å².